The molecule has 1 unspecified atom stereocenters. The van der Waals surface area contributed by atoms with Gasteiger partial charge >= 0.3 is 0 Å². The second-order valence-corrected chi connectivity index (χ2v) is 9.29. The minimum absolute atomic E-state index is 0.0263. The van der Waals surface area contributed by atoms with Crippen LogP contribution in [0.1, 0.15) is 24.5 Å². The molecule has 0 spiro atoms. The van der Waals surface area contributed by atoms with Crippen LogP contribution in [0.5, 0.6) is 5.75 Å². The van der Waals surface area contributed by atoms with Crippen LogP contribution in [0, 0.1) is 6.92 Å². The first kappa shape index (κ1) is 21.3. The van der Waals surface area contributed by atoms with Crippen molar-refractivity contribution in [3.63, 3.8) is 0 Å². The molecule has 1 aliphatic heterocycles. The van der Waals surface area contributed by atoms with Gasteiger partial charge in [0.05, 0.1) is 18.1 Å². The Hall–Kier alpha value is -2.41. The molecule has 1 heterocycles. The SMILES string of the molecule is C=C(C)/C(=C1/CCN(S(=O)(=O)c2ccc(C)cc2)CC1O)c1ccc(OC)cc1. The Morgan fingerprint density at radius 2 is 1.76 bits per heavy atom. The first-order chi connectivity index (χ1) is 13.7. The van der Waals surface area contributed by atoms with Crippen LogP contribution in [0.2, 0.25) is 0 Å². The van der Waals surface area contributed by atoms with Gasteiger partial charge in [0.25, 0.3) is 0 Å². The van der Waals surface area contributed by atoms with Gasteiger partial charge in [-0.3, -0.25) is 0 Å². The number of piperidine rings is 1. The van der Waals surface area contributed by atoms with E-state index in [9.17, 15) is 13.5 Å². The minimum atomic E-state index is -3.64. The summed E-state index contributed by atoms with van der Waals surface area (Å²) in [5.41, 5.74) is 4.46. The topological polar surface area (TPSA) is 66.8 Å². The van der Waals surface area contributed by atoms with Crippen molar-refractivity contribution in [3.05, 3.63) is 77.4 Å². The molecule has 1 atom stereocenters. The van der Waals surface area contributed by atoms with Crippen LogP contribution in [0.3, 0.4) is 0 Å². The monoisotopic (exact) mass is 413 g/mol. The highest BCUT2D eigenvalue weighted by molar-refractivity contribution is 7.89. The van der Waals surface area contributed by atoms with Crippen LogP contribution in [0.4, 0.5) is 0 Å². The standard InChI is InChI=1S/C23H27NO4S/c1-16(2)23(18-7-9-19(28-4)10-8-18)21-13-14-24(15-22(21)25)29(26,27)20-11-5-17(3)6-12-20/h5-12,22,25H,1,13-15H2,2-4H3/b23-21+. The Bertz CT molecular complexity index is 1020. The number of hydrogen-bond donors (Lipinski definition) is 1. The van der Waals surface area contributed by atoms with E-state index in [4.69, 9.17) is 4.74 Å². The molecular formula is C23H27NO4S. The molecule has 1 fully saturated rings. The summed E-state index contributed by atoms with van der Waals surface area (Å²) >= 11 is 0. The molecule has 1 N–H and O–H groups in total. The van der Waals surface area contributed by atoms with Crippen molar-refractivity contribution < 1.29 is 18.3 Å². The lowest BCUT2D eigenvalue weighted by Crippen LogP contribution is -2.43. The molecule has 5 nitrogen and oxygen atoms in total. The summed E-state index contributed by atoms with van der Waals surface area (Å²) in [7, 11) is -2.03. The normalized spacial score (nSPS) is 19.7. The second-order valence-electron chi connectivity index (χ2n) is 7.35. The Balaban J connectivity index is 1.90. The summed E-state index contributed by atoms with van der Waals surface area (Å²) < 4.78 is 32.5. The third-order valence-corrected chi connectivity index (χ3v) is 7.07. The summed E-state index contributed by atoms with van der Waals surface area (Å²) in [5.74, 6) is 0.749. The number of hydrogen-bond acceptors (Lipinski definition) is 4. The zero-order valence-corrected chi connectivity index (χ0v) is 17.9. The van der Waals surface area contributed by atoms with Gasteiger partial charge in [-0.2, -0.15) is 4.31 Å². The van der Waals surface area contributed by atoms with Crippen LogP contribution in [0.25, 0.3) is 5.57 Å². The highest BCUT2D eigenvalue weighted by Gasteiger charge is 2.33. The third kappa shape index (κ3) is 4.45. The minimum Gasteiger partial charge on any atom is -0.497 e. The Kier molecular flexibility index (Phi) is 6.27. The maximum Gasteiger partial charge on any atom is 0.243 e. The number of methoxy groups -OCH3 is 1. The molecular weight excluding hydrogens is 386 g/mol. The van der Waals surface area contributed by atoms with Crippen LogP contribution in [0.15, 0.2) is 71.2 Å². The number of benzene rings is 2. The van der Waals surface area contributed by atoms with Crippen molar-refractivity contribution in [1.29, 1.82) is 0 Å². The molecule has 3 rings (SSSR count). The van der Waals surface area contributed by atoms with E-state index in [1.165, 1.54) is 4.31 Å². The Morgan fingerprint density at radius 3 is 2.28 bits per heavy atom. The fourth-order valence-corrected chi connectivity index (χ4v) is 5.09. The number of aliphatic hydroxyl groups is 1. The van der Waals surface area contributed by atoms with Crippen LogP contribution in [-0.2, 0) is 10.0 Å². The summed E-state index contributed by atoms with van der Waals surface area (Å²) in [6.07, 6.45) is -0.446. The van der Waals surface area contributed by atoms with Gasteiger partial charge in [-0.1, -0.05) is 42.0 Å². The molecule has 29 heavy (non-hydrogen) atoms. The summed E-state index contributed by atoms with van der Waals surface area (Å²) in [4.78, 5) is 0.248. The number of ether oxygens (including phenoxy) is 1. The van der Waals surface area contributed by atoms with Crippen LogP contribution < -0.4 is 4.74 Å². The number of β-amino-alcohol motifs (C(OH)–C–C–N with tert-alkyl or cyclic N) is 1. The lowest BCUT2D eigenvalue weighted by Gasteiger charge is -2.33. The maximum atomic E-state index is 13.0. The van der Waals surface area contributed by atoms with Crippen molar-refractivity contribution in [2.24, 2.45) is 0 Å². The van der Waals surface area contributed by atoms with E-state index < -0.39 is 16.1 Å². The van der Waals surface area contributed by atoms with E-state index in [-0.39, 0.29) is 11.4 Å². The Labute approximate surface area is 173 Å². The molecule has 0 aromatic heterocycles. The van der Waals surface area contributed by atoms with Gasteiger partial charge in [-0.05, 0) is 61.2 Å². The molecule has 0 saturated carbocycles. The molecule has 1 aliphatic rings. The van der Waals surface area contributed by atoms with Gasteiger partial charge in [-0.25, -0.2) is 8.42 Å². The van der Waals surface area contributed by atoms with Gasteiger partial charge in [0.1, 0.15) is 5.75 Å². The number of nitrogens with zero attached hydrogens (tertiary/aromatic N) is 1. The second kappa shape index (κ2) is 8.53. The molecule has 1 saturated heterocycles. The van der Waals surface area contributed by atoms with Crippen molar-refractivity contribution in [2.75, 3.05) is 20.2 Å². The predicted molar refractivity (Wildman–Crippen MR) is 115 cm³/mol. The highest BCUT2D eigenvalue weighted by atomic mass is 32.2. The highest BCUT2D eigenvalue weighted by Crippen LogP contribution is 2.34. The average Bonchev–Trinajstić information content (AvgIpc) is 2.70. The van der Waals surface area contributed by atoms with Gasteiger partial charge in [0.2, 0.25) is 10.0 Å². The number of aliphatic hydroxyl groups excluding tert-OH is 1. The average molecular weight is 414 g/mol. The van der Waals surface area contributed by atoms with Gasteiger partial charge in [-0.15, -0.1) is 0 Å². The van der Waals surface area contributed by atoms with E-state index >= 15 is 0 Å². The van der Waals surface area contributed by atoms with E-state index in [2.05, 4.69) is 6.58 Å². The summed E-state index contributed by atoms with van der Waals surface area (Å²) in [6.45, 7) is 8.23. The third-order valence-electron chi connectivity index (χ3n) is 5.19. The summed E-state index contributed by atoms with van der Waals surface area (Å²) in [6, 6.07) is 14.4. The first-order valence-corrected chi connectivity index (χ1v) is 11.0. The summed E-state index contributed by atoms with van der Waals surface area (Å²) in [5, 5.41) is 10.8. The van der Waals surface area contributed by atoms with Crippen molar-refractivity contribution >= 4 is 15.6 Å². The van der Waals surface area contributed by atoms with Gasteiger partial charge < -0.3 is 9.84 Å². The predicted octanol–water partition coefficient (Wildman–Crippen LogP) is 3.79. The maximum absolute atomic E-state index is 13.0. The zero-order chi connectivity index (χ0) is 21.2. The van der Waals surface area contributed by atoms with Crippen molar-refractivity contribution in [3.8, 4) is 5.75 Å². The molecule has 154 valence electrons. The molecule has 0 amide bonds. The molecule has 2 aromatic carbocycles. The number of rotatable bonds is 5. The van der Waals surface area contributed by atoms with Crippen LogP contribution >= 0.6 is 0 Å². The van der Waals surface area contributed by atoms with E-state index in [0.717, 1.165) is 33.6 Å². The smallest absolute Gasteiger partial charge is 0.243 e. The van der Waals surface area contributed by atoms with E-state index in [1.54, 1.807) is 31.4 Å². The Morgan fingerprint density at radius 1 is 1.14 bits per heavy atom. The molecule has 0 radical (unpaired) electrons. The molecule has 6 heteroatoms. The van der Waals surface area contributed by atoms with E-state index in [0.29, 0.717) is 13.0 Å². The number of aryl methyl sites for hydroxylation is 1. The molecule has 0 bridgehead atoms. The number of allylic oxidation sites excluding steroid dienone is 2. The lowest BCUT2D eigenvalue weighted by molar-refractivity contribution is 0.154. The van der Waals surface area contributed by atoms with Gasteiger partial charge in [0.15, 0.2) is 0 Å². The van der Waals surface area contributed by atoms with E-state index in [1.807, 2.05) is 38.1 Å². The van der Waals surface area contributed by atoms with Crippen LogP contribution in [-0.4, -0.2) is 44.1 Å². The first-order valence-electron chi connectivity index (χ1n) is 9.52. The van der Waals surface area contributed by atoms with Gasteiger partial charge in [0, 0.05) is 13.1 Å². The van der Waals surface area contributed by atoms with Crippen molar-refractivity contribution in [1.82, 2.24) is 4.31 Å². The lowest BCUT2D eigenvalue weighted by atomic mass is 9.88. The quantitative estimate of drug-likeness (QED) is 0.810. The molecule has 2 aromatic rings. The number of sulfonamides is 1. The fraction of sp³-hybridized carbons (Fsp3) is 0.304. The van der Waals surface area contributed by atoms with Crippen molar-refractivity contribution in [2.45, 2.75) is 31.3 Å². The fourth-order valence-electron chi connectivity index (χ4n) is 3.64. The zero-order valence-electron chi connectivity index (χ0n) is 17.1. The largest absolute Gasteiger partial charge is 0.497 e. The molecule has 0 aliphatic carbocycles.